The van der Waals surface area contributed by atoms with E-state index in [1.807, 2.05) is 43.3 Å². The first-order valence-electron chi connectivity index (χ1n) is 7.09. The first-order chi connectivity index (χ1) is 11.0. The molecule has 0 amide bonds. The highest BCUT2D eigenvalue weighted by atomic mass is 79.9. The maximum Gasteiger partial charge on any atom is 0.205 e. The summed E-state index contributed by atoms with van der Waals surface area (Å²) in [6, 6.07) is 9.99. The van der Waals surface area contributed by atoms with E-state index in [0.29, 0.717) is 5.75 Å². The van der Waals surface area contributed by atoms with Gasteiger partial charge in [-0.25, -0.2) is 0 Å². The van der Waals surface area contributed by atoms with Gasteiger partial charge >= 0.3 is 0 Å². The minimum atomic E-state index is -0.663. The third-order valence-electron chi connectivity index (χ3n) is 3.91. The Morgan fingerprint density at radius 2 is 2.09 bits per heavy atom. The Bertz CT molecular complexity index is 812. The van der Waals surface area contributed by atoms with Crippen molar-refractivity contribution in [3.05, 3.63) is 52.3 Å². The molecule has 5 nitrogen and oxygen atoms in total. The van der Waals surface area contributed by atoms with E-state index in [1.165, 1.54) is 0 Å². The number of hydrogen-bond acceptors (Lipinski definition) is 5. The standard InChI is InChI=1S/C17H15BrN4O/c1-22(2)12-3-4-13-15(6-12)23-17(20)14(7-19)16(13)10-5-11(18)9-21-8-10/h3-6,8-9,14,16,20H,1-2H3. The smallest absolute Gasteiger partial charge is 0.205 e. The van der Waals surface area contributed by atoms with Crippen LogP contribution >= 0.6 is 15.9 Å². The van der Waals surface area contributed by atoms with Crippen molar-refractivity contribution in [3.8, 4) is 11.8 Å². The average Bonchev–Trinajstić information content (AvgIpc) is 2.52. The summed E-state index contributed by atoms with van der Waals surface area (Å²) in [4.78, 5) is 6.17. The summed E-state index contributed by atoms with van der Waals surface area (Å²) in [5, 5.41) is 17.6. The van der Waals surface area contributed by atoms with Gasteiger partial charge in [0.1, 0.15) is 11.7 Å². The van der Waals surface area contributed by atoms with Crippen LogP contribution in [-0.2, 0) is 0 Å². The molecule has 1 aliphatic heterocycles. The summed E-state index contributed by atoms with van der Waals surface area (Å²) < 4.78 is 6.45. The number of anilines is 1. The number of fused-ring (bicyclic) bond motifs is 1. The molecule has 1 aromatic carbocycles. The number of aromatic nitrogens is 1. The first-order valence-corrected chi connectivity index (χ1v) is 7.88. The fourth-order valence-corrected chi connectivity index (χ4v) is 3.15. The maximum atomic E-state index is 9.52. The maximum absolute atomic E-state index is 9.52. The summed E-state index contributed by atoms with van der Waals surface area (Å²) >= 11 is 3.42. The SMILES string of the molecule is CN(C)c1ccc2c(c1)OC(=N)C(C#N)C2c1cncc(Br)c1. The first kappa shape index (κ1) is 15.5. The highest BCUT2D eigenvalue weighted by Crippen LogP contribution is 2.43. The van der Waals surface area contributed by atoms with Crippen LogP contribution in [-0.4, -0.2) is 25.0 Å². The zero-order chi connectivity index (χ0) is 16.6. The second-order valence-electron chi connectivity index (χ2n) is 5.60. The van der Waals surface area contributed by atoms with Crippen LogP contribution in [0.3, 0.4) is 0 Å². The van der Waals surface area contributed by atoms with Crippen molar-refractivity contribution >= 4 is 27.5 Å². The molecule has 2 atom stereocenters. The highest BCUT2D eigenvalue weighted by molar-refractivity contribution is 9.10. The molecule has 1 aliphatic rings. The predicted molar refractivity (Wildman–Crippen MR) is 92.0 cm³/mol. The van der Waals surface area contributed by atoms with Crippen LogP contribution in [0.15, 0.2) is 41.1 Å². The molecule has 0 radical (unpaired) electrons. The van der Waals surface area contributed by atoms with E-state index in [1.54, 1.807) is 12.4 Å². The van der Waals surface area contributed by atoms with Gasteiger partial charge in [0.05, 0.1) is 6.07 Å². The van der Waals surface area contributed by atoms with E-state index in [2.05, 4.69) is 27.0 Å². The molecule has 0 saturated carbocycles. The third kappa shape index (κ3) is 2.80. The Balaban J connectivity index is 2.17. The molecule has 2 aromatic rings. The van der Waals surface area contributed by atoms with Gasteiger partial charge in [0.15, 0.2) is 0 Å². The molecule has 2 heterocycles. The number of rotatable bonds is 2. The molecule has 0 saturated heterocycles. The summed E-state index contributed by atoms with van der Waals surface area (Å²) in [6.07, 6.45) is 3.44. The lowest BCUT2D eigenvalue weighted by atomic mass is 9.79. The van der Waals surface area contributed by atoms with Crippen molar-refractivity contribution in [1.82, 2.24) is 4.98 Å². The number of pyridine rings is 1. The molecular formula is C17H15BrN4O. The van der Waals surface area contributed by atoms with Gasteiger partial charge in [-0.15, -0.1) is 0 Å². The monoisotopic (exact) mass is 370 g/mol. The topological polar surface area (TPSA) is 73.0 Å². The Kier molecular flexibility index (Phi) is 4.05. The molecule has 0 aliphatic carbocycles. The van der Waals surface area contributed by atoms with Crippen LogP contribution in [0.1, 0.15) is 17.0 Å². The summed E-state index contributed by atoms with van der Waals surface area (Å²) in [5.41, 5.74) is 2.77. The van der Waals surface area contributed by atoms with Gasteiger partial charge < -0.3 is 9.64 Å². The van der Waals surface area contributed by atoms with Crippen LogP contribution in [0.5, 0.6) is 5.75 Å². The van der Waals surface area contributed by atoms with Gasteiger partial charge in [0.2, 0.25) is 5.90 Å². The second kappa shape index (κ2) is 6.01. The van der Waals surface area contributed by atoms with Crippen LogP contribution in [0.2, 0.25) is 0 Å². The lowest BCUT2D eigenvalue weighted by Gasteiger charge is -2.31. The van der Waals surface area contributed by atoms with Crippen LogP contribution < -0.4 is 9.64 Å². The number of halogens is 1. The minimum absolute atomic E-state index is 0.0270. The van der Waals surface area contributed by atoms with Crippen LogP contribution in [0.25, 0.3) is 0 Å². The van der Waals surface area contributed by atoms with E-state index < -0.39 is 5.92 Å². The van der Waals surface area contributed by atoms with Gasteiger partial charge in [-0.3, -0.25) is 10.4 Å². The van der Waals surface area contributed by atoms with E-state index in [-0.39, 0.29) is 11.8 Å². The number of hydrogen-bond donors (Lipinski definition) is 1. The highest BCUT2D eigenvalue weighted by Gasteiger charge is 2.37. The number of nitrogens with zero attached hydrogens (tertiary/aromatic N) is 3. The molecule has 2 unspecified atom stereocenters. The zero-order valence-electron chi connectivity index (χ0n) is 12.7. The predicted octanol–water partition coefficient (Wildman–Crippen LogP) is 3.55. The molecule has 23 heavy (non-hydrogen) atoms. The van der Waals surface area contributed by atoms with E-state index in [0.717, 1.165) is 21.3 Å². The molecule has 0 spiro atoms. The quantitative estimate of drug-likeness (QED) is 0.876. The largest absolute Gasteiger partial charge is 0.442 e. The third-order valence-corrected chi connectivity index (χ3v) is 4.34. The number of nitriles is 1. The van der Waals surface area contributed by atoms with Gasteiger partial charge in [-0.2, -0.15) is 5.26 Å². The number of benzene rings is 1. The zero-order valence-corrected chi connectivity index (χ0v) is 14.3. The minimum Gasteiger partial charge on any atom is -0.442 e. The van der Waals surface area contributed by atoms with E-state index >= 15 is 0 Å². The summed E-state index contributed by atoms with van der Waals surface area (Å²) in [5.74, 6) is -0.333. The molecule has 1 N–H and O–H groups in total. The number of nitrogens with one attached hydrogen (secondary N) is 1. The average molecular weight is 371 g/mol. The van der Waals surface area contributed by atoms with E-state index in [4.69, 9.17) is 10.1 Å². The lowest BCUT2D eigenvalue weighted by molar-refractivity contribution is 0.450. The van der Waals surface area contributed by atoms with Crippen molar-refractivity contribution in [2.75, 3.05) is 19.0 Å². The molecule has 3 rings (SSSR count). The molecule has 0 fully saturated rings. The van der Waals surface area contributed by atoms with Gasteiger partial charge in [-0.05, 0) is 33.6 Å². The summed E-state index contributed by atoms with van der Waals surface area (Å²) in [7, 11) is 3.90. The van der Waals surface area contributed by atoms with Crippen LogP contribution in [0.4, 0.5) is 5.69 Å². The molecular weight excluding hydrogens is 356 g/mol. The van der Waals surface area contributed by atoms with Crippen molar-refractivity contribution in [1.29, 1.82) is 10.7 Å². The van der Waals surface area contributed by atoms with Crippen molar-refractivity contribution < 1.29 is 4.74 Å². The fraction of sp³-hybridized carbons (Fsp3) is 0.235. The molecule has 1 aromatic heterocycles. The second-order valence-corrected chi connectivity index (χ2v) is 6.52. The Morgan fingerprint density at radius 3 is 2.74 bits per heavy atom. The van der Waals surface area contributed by atoms with Crippen LogP contribution in [0, 0.1) is 22.7 Å². The molecule has 116 valence electrons. The summed E-state index contributed by atoms with van der Waals surface area (Å²) in [6.45, 7) is 0. The van der Waals surface area contributed by atoms with Gasteiger partial charge in [0.25, 0.3) is 0 Å². The molecule has 0 bridgehead atoms. The lowest BCUT2D eigenvalue weighted by Crippen LogP contribution is -2.31. The van der Waals surface area contributed by atoms with Crippen molar-refractivity contribution in [2.45, 2.75) is 5.92 Å². The van der Waals surface area contributed by atoms with E-state index in [9.17, 15) is 5.26 Å². The normalized spacial score (nSPS) is 19.5. The fourth-order valence-electron chi connectivity index (χ4n) is 2.76. The number of ether oxygens (including phenoxy) is 1. The Morgan fingerprint density at radius 1 is 1.30 bits per heavy atom. The van der Waals surface area contributed by atoms with Gasteiger partial charge in [-0.1, -0.05) is 6.07 Å². The Hall–Kier alpha value is -2.39. The Labute approximate surface area is 143 Å². The molecule has 6 heteroatoms. The van der Waals surface area contributed by atoms with Crippen molar-refractivity contribution in [2.24, 2.45) is 5.92 Å². The van der Waals surface area contributed by atoms with Gasteiger partial charge in [0, 0.05) is 54.2 Å². The van der Waals surface area contributed by atoms with Crippen molar-refractivity contribution in [3.63, 3.8) is 0 Å².